The summed E-state index contributed by atoms with van der Waals surface area (Å²) in [5, 5.41) is 3.67. The summed E-state index contributed by atoms with van der Waals surface area (Å²) < 4.78 is 0. The van der Waals surface area contributed by atoms with Crippen LogP contribution in [0.4, 0.5) is 11.4 Å². The van der Waals surface area contributed by atoms with Gasteiger partial charge in [-0.1, -0.05) is 13.3 Å². The maximum Gasteiger partial charge on any atom is 0.0362 e. The summed E-state index contributed by atoms with van der Waals surface area (Å²) in [7, 11) is 4.16. The average Bonchev–Trinajstić information content (AvgIpc) is 2.40. The Hall–Kier alpha value is -1.18. The first-order valence-electron chi connectivity index (χ1n) is 7.23. The molecule has 2 rings (SSSR count). The average molecular weight is 246 g/mol. The summed E-state index contributed by atoms with van der Waals surface area (Å²) in [4.78, 5) is 2.14. The van der Waals surface area contributed by atoms with Gasteiger partial charge in [0.1, 0.15) is 0 Å². The fourth-order valence-corrected chi connectivity index (χ4v) is 2.81. The van der Waals surface area contributed by atoms with Gasteiger partial charge in [0.15, 0.2) is 0 Å². The minimum absolute atomic E-state index is 0.679. The highest BCUT2D eigenvalue weighted by Gasteiger charge is 2.19. The lowest BCUT2D eigenvalue weighted by molar-refractivity contribution is 0.330. The summed E-state index contributed by atoms with van der Waals surface area (Å²) >= 11 is 0. The van der Waals surface area contributed by atoms with E-state index in [0.717, 1.165) is 5.92 Å². The van der Waals surface area contributed by atoms with Gasteiger partial charge >= 0.3 is 0 Å². The fraction of sp³-hybridized carbons (Fsp3) is 0.625. The summed E-state index contributed by atoms with van der Waals surface area (Å²) in [6.45, 7) is 2.32. The van der Waals surface area contributed by atoms with Gasteiger partial charge in [0, 0.05) is 31.5 Å². The van der Waals surface area contributed by atoms with Gasteiger partial charge in [-0.15, -0.1) is 0 Å². The van der Waals surface area contributed by atoms with Gasteiger partial charge in [0.25, 0.3) is 0 Å². The van der Waals surface area contributed by atoms with Crippen molar-refractivity contribution in [2.75, 3.05) is 24.3 Å². The third-order valence-corrected chi connectivity index (χ3v) is 4.18. The number of hydrogen-bond donors (Lipinski definition) is 1. The molecule has 0 heterocycles. The highest BCUT2D eigenvalue weighted by atomic mass is 15.1. The molecule has 0 aromatic heterocycles. The number of rotatable bonds is 4. The van der Waals surface area contributed by atoms with E-state index in [1.165, 1.54) is 43.5 Å². The summed E-state index contributed by atoms with van der Waals surface area (Å²) in [6, 6.07) is 9.43. The predicted octanol–water partition coefficient (Wildman–Crippen LogP) is 4.13. The van der Waals surface area contributed by atoms with E-state index >= 15 is 0 Å². The van der Waals surface area contributed by atoms with E-state index in [2.05, 4.69) is 55.5 Å². The van der Waals surface area contributed by atoms with Crippen LogP contribution in [0.5, 0.6) is 0 Å². The van der Waals surface area contributed by atoms with Gasteiger partial charge in [0.05, 0.1) is 0 Å². The molecule has 18 heavy (non-hydrogen) atoms. The maximum absolute atomic E-state index is 3.67. The largest absolute Gasteiger partial charge is 0.382 e. The SMILES string of the molecule is CCC1CCC(Nc2ccc(N(C)C)cc2)CC1. The lowest BCUT2D eigenvalue weighted by Gasteiger charge is -2.29. The molecule has 0 atom stereocenters. The number of nitrogens with one attached hydrogen (secondary N) is 1. The van der Waals surface area contributed by atoms with Crippen molar-refractivity contribution in [2.24, 2.45) is 5.92 Å². The first-order chi connectivity index (χ1) is 8.69. The van der Waals surface area contributed by atoms with Crippen LogP contribution in [0, 0.1) is 5.92 Å². The van der Waals surface area contributed by atoms with Crippen LogP contribution >= 0.6 is 0 Å². The van der Waals surface area contributed by atoms with E-state index in [1.54, 1.807) is 0 Å². The van der Waals surface area contributed by atoms with E-state index in [0.29, 0.717) is 6.04 Å². The van der Waals surface area contributed by atoms with Crippen LogP contribution in [-0.4, -0.2) is 20.1 Å². The third kappa shape index (κ3) is 3.41. The molecule has 1 fully saturated rings. The van der Waals surface area contributed by atoms with Gasteiger partial charge in [0.2, 0.25) is 0 Å². The Morgan fingerprint density at radius 1 is 1.06 bits per heavy atom. The Kier molecular flexibility index (Phi) is 4.51. The quantitative estimate of drug-likeness (QED) is 0.859. The second-order valence-corrected chi connectivity index (χ2v) is 5.71. The molecular formula is C16H26N2. The second-order valence-electron chi connectivity index (χ2n) is 5.71. The third-order valence-electron chi connectivity index (χ3n) is 4.18. The van der Waals surface area contributed by atoms with Crippen LogP contribution in [0.2, 0.25) is 0 Å². The smallest absolute Gasteiger partial charge is 0.0362 e. The summed E-state index contributed by atoms with van der Waals surface area (Å²) in [5.41, 5.74) is 2.52. The Morgan fingerprint density at radius 2 is 1.67 bits per heavy atom. The number of benzene rings is 1. The molecule has 0 unspecified atom stereocenters. The van der Waals surface area contributed by atoms with Crippen molar-refractivity contribution in [3.63, 3.8) is 0 Å². The zero-order chi connectivity index (χ0) is 13.0. The van der Waals surface area contributed by atoms with Gasteiger partial charge in [-0.25, -0.2) is 0 Å². The number of nitrogens with zero attached hydrogens (tertiary/aromatic N) is 1. The Balaban J connectivity index is 1.86. The standard InChI is InChI=1S/C16H26N2/c1-4-13-5-7-14(8-6-13)17-15-9-11-16(12-10-15)18(2)3/h9-14,17H,4-8H2,1-3H3. The van der Waals surface area contributed by atoms with Crippen molar-refractivity contribution >= 4 is 11.4 Å². The van der Waals surface area contributed by atoms with Crippen molar-refractivity contribution in [3.05, 3.63) is 24.3 Å². The monoisotopic (exact) mass is 246 g/mol. The first kappa shape index (κ1) is 13.3. The molecule has 1 aliphatic rings. The minimum Gasteiger partial charge on any atom is -0.382 e. The molecule has 0 amide bonds. The zero-order valence-corrected chi connectivity index (χ0v) is 11.9. The molecule has 0 radical (unpaired) electrons. The van der Waals surface area contributed by atoms with Gasteiger partial charge in [-0.05, 0) is 55.9 Å². The number of hydrogen-bond acceptors (Lipinski definition) is 2. The van der Waals surface area contributed by atoms with E-state index < -0.39 is 0 Å². The molecule has 1 N–H and O–H groups in total. The molecule has 100 valence electrons. The molecule has 1 aliphatic carbocycles. The van der Waals surface area contributed by atoms with Crippen molar-refractivity contribution in [1.82, 2.24) is 0 Å². The molecule has 0 aliphatic heterocycles. The maximum atomic E-state index is 3.67. The van der Waals surface area contributed by atoms with Crippen molar-refractivity contribution < 1.29 is 0 Å². The molecule has 1 aromatic rings. The van der Waals surface area contributed by atoms with Crippen LogP contribution in [0.25, 0.3) is 0 Å². The van der Waals surface area contributed by atoms with E-state index in [9.17, 15) is 0 Å². The van der Waals surface area contributed by atoms with Crippen LogP contribution in [0.3, 0.4) is 0 Å². The highest BCUT2D eigenvalue weighted by Crippen LogP contribution is 2.28. The zero-order valence-electron chi connectivity index (χ0n) is 11.9. The predicted molar refractivity (Wildman–Crippen MR) is 80.4 cm³/mol. The highest BCUT2D eigenvalue weighted by molar-refractivity contribution is 5.54. The lowest BCUT2D eigenvalue weighted by Crippen LogP contribution is -2.25. The molecule has 1 aromatic carbocycles. The fourth-order valence-electron chi connectivity index (χ4n) is 2.81. The van der Waals surface area contributed by atoms with E-state index in [4.69, 9.17) is 0 Å². The Labute approximate surface area is 111 Å². The van der Waals surface area contributed by atoms with Crippen molar-refractivity contribution in [3.8, 4) is 0 Å². The van der Waals surface area contributed by atoms with Gasteiger partial charge in [-0.3, -0.25) is 0 Å². The Bertz CT molecular complexity index is 348. The molecule has 1 saturated carbocycles. The molecule has 0 saturated heterocycles. The topological polar surface area (TPSA) is 15.3 Å². The summed E-state index contributed by atoms with van der Waals surface area (Å²) in [6.07, 6.45) is 6.79. The molecule has 0 bridgehead atoms. The minimum atomic E-state index is 0.679. The first-order valence-corrected chi connectivity index (χ1v) is 7.23. The van der Waals surface area contributed by atoms with Gasteiger partial charge in [-0.2, -0.15) is 0 Å². The molecule has 0 spiro atoms. The molecule has 2 nitrogen and oxygen atoms in total. The summed E-state index contributed by atoms with van der Waals surface area (Å²) in [5.74, 6) is 0.971. The van der Waals surface area contributed by atoms with Crippen molar-refractivity contribution in [1.29, 1.82) is 0 Å². The number of anilines is 2. The normalized spacial score (nSPS) is 23.7. The molecular weight excluding hydrogens is 220 g/mol. The van der Waals surface area contributed by atoms with E-state index in [-0.39, 0.29) is 0 Å². The van der Waals surface area contributed by atoms with Crippen molar-refractivity contribution in [2.45, 2.75) is 45.1 Å². The van der Waals surface area contributed by atoms with Crippen LogP contribution in [0.15, 0.2) is 24.3 Å². The van der Waals surface area contributed by atoms with Crippen LogP contribution < -0.4 is 10.2 Å². The Morgan fingerprint density at radius 3 is 2.17 bits per heavy atom. The van der Waals surface area contributed by atoms with Crippen LogP contribution in [0.1, 0.15) is 39.0 Å². The van der Waals surface area contributed by atoms with Gasteiger partial charge < -0.3 is 10.2 Å². The second kappa shape index (κ2) is 6.12. The lowest BCUT2D eigenvalue weighted by atomic mass is 9.84. The van der Waals surface area contributed by atoms with E-state index in [1.807, 2.05) is 0 Å². The molecule has 2 heteroatoms. The van der Waals surface area contributed by atoms with Crippen LogP contribution in [-0.2, 0) is 0 Å².